The van der Waals surface area contributed by atoms with Crippen molar-refractivity contribution in [2.45, 2.75) is 38.5 Å². The van der Waals surface area contributed by atoms with Gasteiger partial charge in [-0.3, -0.25) is 9.78 Å². The first-order valence-electron chi connectivity index (χ1n) is 9.05. The molecule has 4 rings (SSSR count). The summed E-state index contributed by atoms with van der Waals surface area (Å²) in [5.74, 6) is 2.09. The number of likely N-dealkylation sites (tertiary alicyclic amines) is 1. The van der Waals surface area contributed by atoms with E-state index in [9.17, 15) is 4.79 Å². The zero-order valence-electron chi connectivity index (χ0n) is 14.5. The quantitative estimate of drug-likeness (QED) is 0.854. The van der Waals surface area contributed by atoms with Crippen molar-refractivity contribution in [2.24, 2.45) is 5.92 Å². The lowest BCUT2D eigenvalue weighted by molar-refractivity contribution is -0.133. The van der Waals surface area contributed by atoms with Crippen molar-refractivity contribution in [1.82, 2.24) is 14.9 Å². The zero-order valence-corrected chi connectivity index (χ0v) is 14.5. The molecule has 5 nitrogen and oxygen atoms in total. The SMILES string of the molecule is Cc1cccc(Oc2nccnc2[C@@H]2CCCN(C(=O)C3CC3)C2)c1. The summed E-state index contributed by atoms with van der Waals surface area (Å²) in [6.07, 6.45) is 7.48. The first kappa shape index (κ1) is 16.1. The van der Waals surface area contributed by atoms with Crippen LogP contribution in [0.1, 0.15) is 42.9 Å². The fraction of sp³-hybridized carbons (Fsp3) is 0.450. The Kier molecular flexibility index (Phi) is 4.38. The van der Waals surface area contributed by atoms with Gasteiger partial charge in [0, 0.05) is 37.3 Å². The van der Waals surface area contributed by atoms with Crippen LogP contribution in [0, 0.1) is 12.8 Å². The predicted octanol–water partition coefficient (Wildman–Crippen LogP) is 3.69. The zero-order chi connectivity index (χ0) is 17.2. The van der Waals surface area contributed by atoms with Gasteiger partial charge in [-0.1, -0.05) is 12.1 Å². The third kappa shape index (κ3) is 3.65. The molecular weight excluding hydrogens is 314 g/mol. The van der Waals surface area contributed by atoms with Crippen molar-refractivity contribution in [3.63, 3.8) is 0 Å². The van der Waals surface area contributed by atoms with Crippen LogP contribution in [0.2, 0.25) is 0 Å². The fourth-order valence-corrected chi connectivity index (χ4v) is 3.47. The lowest BCUT2D eigenvalue weighted by atomic mass is 9.94. The Morgan fingerprint density at radius 2 is 2.04 bits per heavy atom. The van der Waals surface area contributed by atoms with Gasteiger partial charge in [-0.15, -0.1) is 0 Å². The number of aryl methyl sites for hydroxylation is 1. The number of carbonyl (C=O) groups is 1. The van der Waals surface area contributed by atoms with Crippen LogP contribution < -0.4 is 4.74 Å². The maximum Gasteiger partial charge on any atom is 0.241 e. The molecule has 0 radical (unpaired) electrons. The minimum atomic E-state index is 0.185. The Labute approximate surface area is 148 Å². The van der Waals surface area contributed by atoms with Crippen LogP contribution in [0.3, 0.4) is 0 Å². The van der Waals surface area contributed by atoms with Crippen molar-refractivity contribution in [3.8, 4) is 11.6 Å². The summed E-state index contributed by atoms with van der Waals surface area (Å²) in [7, 11) is 0. The molecule has 2 fully saturated rings. The number of piperidine rings is 1. The first-order chi connectivity index (χ1) is 12.2. The van der Waals surface area contributed by atoms with E-state index in [4.69, 9.17) is 4.74 Å². The number of benzene rings is 1. The largest absolute Gasteiger partial charge is 0.437 e. The Morgan fingerprint density at radius 3 is 2.84 bits per heavy atom. The van der Waals surface area contributed by atoms with Crippen LogP contribution in [0.25, 0.3) is 0 Å². The molecule has 0 bridgehead atoms. The van der Waals surface area contributed by atoms with E-state index in [1.54, 1.807) is 12.4 Å². The van der Waals surface area contributed by atoms with Crippen molar-refractivity contribution in [1.29, 1.82) is 0 Å². The number of nitrogens with zero attached hydrogens (tertiary/aromatic N) is 3. The van der Waals surface area contributed by atoms with Crippen LogP contribution in [-0.2, 0) is 4.79 Å². The standard InChI is InChI=1S/C20H23N3O2/c1-14-4-2-6-17(12-14)25-19-18(21-9-10-22-19)16-5-3-11-23(13-16)20(24)15-7-8-15/h2,4,6,9-10,12,15-16H,3,5,7-8,11,13H2,1H3/t16-/m1/s1. The lowest BCUT2D eigenvalue weighted by Gasteiger charge is -2.33. The molecule has 1 aliphatic heterocycles. The molecule has 1 aliphatic carbocycles. The summed E-state index contributed by atoms with van der Waals surface area (Å²) in [6, 6.07) is 7.92. The van der Waals surface area contributed by atoms with Crippen molar-refractivity contribution in [3.05, 3.63) is 47.9 Å². The van der Waals surface area contributed by atoms with Crippen LogP contribution >= 0.6 is 0 Å². The summed E-state index contributed by atoms with van der Waals surface area (Å²) in [5, 5.41) is 0. The Bertz CT molecular complexity index is 773. The number of carbonyl (C=O) groups excluding carboxylic acids is 1. The highest BCUT2D eigenvalue weighted by molar-refractivity contribution is 5.81. The second-order valence-electron chi connectivity index (χ2n) is 7.06. The monoisotopic (exact) mass is 337 g/mol. The van der Waals surface area contributed by atoms with Crippen LogP contribution in [0.5, 0.6) is 11.6 Å². The van der Waals surface area contributed by atoms with Gasteiger partial charge < -0.3 is 9.64 Å². The third-order valence-electron chi connectivity index (χ3n) is 4.94. The van der Waals surface area contributed by atoms with Gasteiger partial charge in [0.25, 0.3) is 0 Å². The number of rotatable bonds is 4. The third-order valence-corrected chi connectivity index (χ3v) is 4.94. The summed E-state index contributed by atoms with van der Waals surface area (Å²) >= 11 is 0. The molecule has 25 heavy (non-hydrogen) atoms. The van der Waals surface area contributed by atoms with E-state index in [0.717, 1.165) is 55.8 Å². The van der Waals surface area contributed by atoms with Gasteiger partial charge in [0.15, 0.2) is 0 Å². The molecule has 1 saturated heterocycles. The van der Waals surface area contributed by atoms with E-state index >= 15 is 0 Å². The first-order valence-corrected chi connectivity index (χ1v) is 9.05. The van der Waals surface area contributed by atoms with E-state index < -0.39 is 0 Å². The summed E-state index contributed by atoms with van der Waals surface area (Å²) < 4.78 is 6.02. The van der Waals surface area contributed by atoms with Gasteiger partial charge in [-0.05, 0) is 50.3 Å². The highest BCUT2D eigenvalue weighted by Crippen LogP contribution is 2.36. The van der Waals surface area contributed by atoms with Gasteiger partial charge in [0.2, 0.25) is 11.8 Å². The molecule has 0 spiro atoms. The molecule has 5 heteroatoms. The molecule has 1 atom stereocenters. The van der Waals surface area contributed by atoms with E-state index in [-0.39, 0.29) is 11.8 Å². The Balaban J connectivity index is 1.54. The maximum atomic E-state index is 12.4. The summed E-state index contributed by atoms with van der Waals surface area (Å²) in [6.45, 7) is 3.62. The van der Waals surface area contributed by atoms with Crippen molar-refractivity contribution < 1.29 is 9.53 Å². The van der Waals surface area contributed by atoms with E-state index in [0.29, 0.717) is 11.8 Å². The molecule has 2 aliphatic rings. The number of aromatic nitrogens is 2. The molecular formula is C20H23N3O2. The van der Waals surface area contributed by atoms with Gasteiger partial charge in [-0.2, -0.15) is 0 Å². The Morgan fingerprint density at radius 1 is 1.20 bits per heavy atom. The van der Waals surface area contributed by atoms with Crippen LogP contribution in [0.15, 0.2) is 36.7 Å². The topological polar surface area (TPSA) is 55.3 Å². The summed E-state index contributed by atoms with van der Waals surface area (Å²) in [4.78, 5) is 23.4. The number of hydrogen-bond acceptors (Lipinski definition) is 4. The summed E-state index contributed by atoms with van der Waals surface area (Å²) in [5.41, 5.74) is 2.00. The average molecular weight is 337 g/mol. The maximum absolute atomic E-state index is 12.4. The highest BCUT2D eigenvalue weighted by atomic mass is 16.5. The van der Waals surface area contributed by atoms with Crippen LogP contribution in [-0.4, -0.2) is 33.9 Å². The van der Waals surface area contributed by atoms with Crippen molar-refractivity contribution in [2.75, 3.05) is 13.1 Å². The second-order valence-corrected chi connectivity index (χ2v) is 7.06. The minimum Gasteiger partial charge on any atom is -0.437 e. The van der Waals surface area contributed by atoms with E-state index in [1.807, 2.05) is 36.1 Å². The van der Waals surface area contributed by atoms with E-state index in [1.165, 1.54) is 0 Å². The molecule has 1 amide bonds. The second kappa shape index (κ2) is 6.82. The number of amides is 1. The molecule has 130 valence electrons. The lowest BCUT2D eigenvalue weighted by Crippen LogP contribution is -2.40. The minimum absolute atomic E-state index is 0.185. The molecule has 2 aromatic rings. The molecule has 1 aromatic carbocycles. The highest BCUT2D eigenvalue weighted by Gasteiger charge is 2.36. The van der Waals surface area contributed by atoms with Gasteiger partial charge >= 0.3 is 0 Å². The smallest absolute Gasteiger partial charge is 0.241 e. The molecule has 1 aromatic heterocycles. The van der Waals surface area contributed by atoms with Crippen molar-refractivity contribution >= 4 is 5.91 Å². The van der Waals surface area contributed by atoms with Gasteiger partial charge in [0.05, 0.1) is 0 Å². The molecule has 0 N–H and O–H groups in total. The normalized spacial score (nSPS) is 20.4. The average Bonchev–Trinajstić information content (AvgIpc) is 3.47. The number of ether oxygens (including phenoxy) is 1. The van der Waals surface area contributed by atoms with Gasteiger partial charge in [-0.25, -0.2) is 4.98 Å². The number of hydrogen-bond donors (Lipinski definition) is 0. The Hall–Kier alpha value is -2.43. The van der Waals surface area contributed by atoms with Crippen LogP contribution in [0.4, 0.5) is 0 Å². The van der Waals surface area contributed by atoms with Gasteiger partial charge in [0.1, 0.15) is 11.4 Å². The van der Waals surface area contributed by atoms with E-state index in [2.05, 4.69) is 9.97 Å². The fourth-order valence-electron chi connectivity index (χ4n) is 3.47. The molecule has 0 unspecified atom stereocenters. The molecule has 2 heterocycles. The molecule has 1 saturated carbocycles. The predicted molar refractivity (Wildman–Crippen MR) is 94.6 cm³/mol.